The minimum absolute atomic E-state index is 0.0501. The van der Waals surface area contributed by atoms with Crippen LogP contribution in [-0.2, 0) is 16.1 Å². The Morgan fingerprint density at radius 1 is 1.05 bits per heavy atom. The molecule has 2 heterocycles. The highest BCUT2D eigenvalue weighted by Crippen LogP contribution is 2.34. The molecule has 1 aromatic heterocycles. The van der Waals surface area contributed by atoms with E-state index in [1.807, 2.05) is 48.5 Å². The van der Waals surface area contributed by atoms with Gasteiger partial charge in [-0.3, -0.25) is 14.6 Å². The summed E-state index contributed by atoms with van der Waals surface area (Å²) in [6.07, 6.45) is 7.69. The zero-order chi connectivity index (χ0) is 26.3. The van der Waals surface area contributed by atoms with E-state index in [9.17, 15) is 9.59 Å². The van der Waals surface area contributed by atoms with Gasteiger partial charge in [-0.1, -0.05) is 49.6 Å². The molecule has 2 amide bonds. The number of aromatic nitrogens is 1. The minimum atomic E-state index is -0.905. The van der Waals surface area contributed by atoms with Crippen molar-refractivity contribution in [2.24, 2.45) is 0 Å². The van der Waals surface area contributed by atoms with Crippen LogP contribution < -0.4 is 19.5 Å². The monoisotopic (exact) mass is 515 g/mol. The van der Waals surface area contributed by atoms with Crippen molar-refractivity contribution >= 4 is 11.8 Å². The predicted molar refractivity (Wildman–Crippen MR) is 142 cm³/mol. The fourth-order valence-electron chi connectivity index (χ4n) is 5.12. The van der Waals surface area contributed by atoms with Gasteiger partial charge in [-0.05, 0) is 54.3 Å². The molecule has 5 rings (SSSR count). The molecule has 0 radical (unpaired) electrons. The van der Waals surface area contributed by atoms with Gasteiger partial charge in [0.1, 0.15) is 18.4 Å². The normalized spacial score (nSPS) is 17.8. The molecule has 0 bridgehead atoms. The molecule has 8 heteroatoms. The molecule has 38 heavy (non-hydrogen) atoms. The van der Waals surface area contributed by atoms with E-state index in [1.54, 1.807) is 36.5 Å². The van der Waals surface area contributed by atoms with Crippen LogP contribution in [0.5, 0.6) is 17.2 Å². The lowest BCUT2D eigenvalue weighted by atomic mass is 9.94. The van der Waals surface area contributed by atoms with Crippen molar-refractivity contribution in [3.8, 4) is 17.2 Å². The zero-order valence-electron chi connectivity index (χ0n) is 21.5. The second-order valence-electron chi connectivity index (χ2n) is 9.71. The van der Waals surface area contributed by atoms with E-state index in [1.165, 1.54) is 6.42 Å². The number of hydrogen-bond donors (Lipinski definition) is 1. The maximum absolute atomic E-state index is 14.2. The Balaban J connectivity index is 1.51. The van der Waals surface area contributed by atoms with Crippen molar-refractivity contribution in [3.63, 3.8) is 0 Å². The van der Waals surface area contributed by atoms with Gasteiger partial charge in [0.2, 0.25) is 12.0 Å². The minimum Gasteiger partial charge on any atom is -0.497 e. The van der Waals surface area contributed by atoms with Gasteiger partial charge in [0.15, 0.2) is 11.5 Å². The number of nitrogens with one attached hydrogen (secondary N) is 1. The van der Waals surface area contributed by atoms with Crippen molar-refractivity contribution < 1.29 is 23.8 Å². The summed E-state index contributed by atoms with van der Waals surface area (Å²) in [5.74, 6) is 1.14. The lowest BCUT2D eigenvalue weighted by Crippen LogP contribution is -2.52. The van der Waals surface area contributed by atoms with Crippen LogP contribution in [0.1, 0.15) is 49.3 Å². The van der Waals surface area contributed by atoms with Crippen LogP contribution in [0, 0.1) is 0 Å². The zero-order valence-corrected chi connectivity index (χ0v) is 21.5. The van der Waals surface area contributed by atoms with E-state index < -0.39 is 12.1 Å². The molecule has 2 aliphatic rings. The fraction of sp³-hybridized carbons (Fsp3) is 0.367. The highest BCUT2D eigenvalue weighted by Gasteiger charge is 2.39. The first-order valence-corrected chi connectivity index (χ1v) is 13.1. The van der Waals surface area contributed by atoms with Crippen LogP contribution in [-0.4, -0.2) is 47.6 Å². The molecule has 2 unspecified atom stereocenters. The van der Waals surface area contributed by atoms with E-state index in [4.69, 9.17) is 14.2 Å². The van der Waals surface area contributed by atoms with Gasteiger partial charge >= 0.3 is 0 Å². The maximum atomic E-state index is 14.2. The second kappa shape index (κ2) is 12.0. The number of ether oxygens (including phenoxy) is 3. The summed E-state index contributed by atoms with van der Waals surface area (Å²) >= 11 is 0. The van der Waals surface area contributed by atoms with E-state index >= 15 is 0 Å². The Hall–Kier alpha value is -4.07. The molecular weight excluding hydrogens is 482 g/mol. The van der Waals surface area contributed by atoms with E-state index in [2.05, 4.69) is 10.3 Å². The van der Waals surface area contributed by atoms with E-state index in [-0.39, 0.29) is 31.0 Å². The number of benzene rings is 2. The van der Waals surface area contributed by atoms with Crippen molar-refractivity contribution in [1.29, 1.82) is 0 Å². The SMILES string of the molecule is COc1cccc(C(C(=O)NC2CCCCC2)N(Cc2cccnc2)C(=O)C2COc3ccccc3O2)c1. The largest absolute Gasteiger partial charge is 0.497 e. The Morgan fingerprint density at radius 3 is 2.63 bits per heavy atom. The Labute approximate surface area is 222 Å². The molecule has 2 atom stereocenters. The molecule has 1 fully saturated rings. The predicted octanol–water partition coefficient (Wildman–Crippen LogP) is 4.45. The smallest absolute Gasteiger partial charge is 0.268 e. The summed E-state index contributed by atoms with van der Waals surface area (Å²) in [5, 5.41) is 3.23. The molecule has 1 aliphatic carbocycles. The van der Waals surface area contributed by atoms with Crippen LogP contribution in [0.4, 0.5) is 0 Å². The average molecular weight is 516 g/mol. The molecule has 198 valence electrons. The Bertz CT molecular complexity index is 1250. The number of rotatable bonds is 8. The van der Waals surface area contributed by atoms with Crippen LogP contribution in [0.2, 0.25) is 0 Å². The first-order chi connectivity index (χ1) is 18.6. The third-order valence-corrected chi connectivity index (χ3v) is 7.06. The van der Waals surface area contributed by atoms with E-state index in [0.29, 0.717) is 22.8 Å². The number of fused-ring (bicyclic) bond motifs is 1. The van der Waals surface area contributed by atoms with Gasteiger partial charge in [-0.25, -0.2) is 0 Å². The summed E-state index contributed by atoms with van der Waals surface area (Å²) in [7, 11) is 1.58. The van der Waals surface area contributed by atoms with Gasteiger partial charge in [-0.15, -0.1) is 0 Å². The topological polar surface area (TPSA) is 90.0 Å². The fourth-order valence-corrected chi connectivity index (χ4v) is 5.12. The summed E-state index contributed by atoms with van der Waals surface area (Å²) < 4.78 is 17.4. The molecule has 0 spiro atoms. The van der Waals surface area contributed by atoms with Crippen LogP contribution in [0.15, 0.2) is 73.1 Å². The first kappa shape index (κ1) is 25.6. The highest BCUT2D eigenvalue weighted by atomic mass is 16.6. The van der Waals surface area contributed by atoms with Gasteiger partial charge in [0, 0.05) is 25.0 Å². The summed E-state index contributed by atoms with van der Waals surface area (Å²) in [5.41, 5.74) is 1.46. The molecule has 2 aromatic carbocycles. The van der Waals surface area contributed by atoms with Crippen LogP contribution >= 0.6 is 0 Å². The standard InChI is InChI=1S/C30H33N3O5/c1-36-24-13-7-10-22(17-24)28(29(34)32-23-11-3-2-4-12-23)33(19-21-9-8-16-31-18-21)30(35)27-20-37-25-14-5-6-15-26(25)38-27/h5-10,13-18,23,27-28H,2-4,11-12,19-20H2,1H3,(H,32,34). The third kappa shape index (κ3) is 5.90. The van der Waals surface area contributed by atoms with Gasteiger partial charge in [0.05, 0.1) is 7.11 Å². The second-order valence-corrected chi connectivity index (χ2v) is 9.71. The number of carbonyl (C=O) groups is 2. The van der Waals surface area contributed by atoms with Crippen molar-refractivity contribution in [2.45, 2.75) is 56.8 Å². The van der Waals surface area contributed by atoms with Gasteiger partial charge in [-0.2, -0.15) is 0 Å². The van der Waals surface area contributed by atoms with Gasteiger partial charge in [0.25, 0.3) is 5.91 Å². The molecule has 3 aromatic rings. The summed E-state index contributed by atoms with van der Waals surface area (Å²) in [6.45, 7) is 0.225. The lowest BCUT2D eigenvalue weighted by Gasteiger charge is -2.36. The van der Waals surface area contributed by atoms with Crippen LogP contribution in [0.25, 0.3) is 0 Å². The number of pyridine rings is 1. The Morgan fingerprint density at radius 2 is 1.87 bits per heavy atom. The number of methoxy groups -OCH3 is 1. The number of para-hydroxylation sites is 2. The molecule has 0 saturated heterocycles. The quantitative estimate of drug-likeness (QED) is 0.477. The van der Waals surface area contributed by atoms with Crippen LogP contribution in [0.3, 0.4) is 0 Å². The molecule has 1 aliphatic heterocycles. The lowest BCUT2D eigenvalue weighted by molar-refractivity contribution is -0.149. The maximum Gasteiger partial charge on any atom is 0.268 e. The van der Waals surface area contributed by atoms with E-state index in [0.717, 1.165) is 31.2 Å². The van der Waals surface area contributed by atoms with Gasteiger partial charge < -0.3 is 24.4 Å². The number of carbonyl (C=O) groups excluding carboxylic acids is 2. The first-order valence-electron chi connectivity index (χ1n) is 13.1. The molecule has 8 nitrogen and oxygen atoms in total. The van der Waals surface area contributed by atoms with Crippen molar-refractivity contribution in [3.05, 3.63) is 84.2 Å². The molecular formula is C30H33N3O5. The number of nitrogens with zero attached hydrogens (tertiary/aromatic N) is 2. The van der Waals surface area contributed by atoms with Crippen molar-refractivity contribution in [2.75, 3.05) is 13.7 Å². The highest BCUT2D eigenvalue weighted by molar-refractivity contribution is 5.91. The molecule has 1 saturated carbocycles. The summed E-state index contributed by atoms with van der Waals surface area (Å²) in [6, 6.07) is 17.5. The number of amides is 2. The Kier molecular flexibility index (Phi) is 8.06. The average Bonchev–Trinajstić information content (AvgIpc) is 2.97. The van der Waals surface area contributed by atoms with Crippen molar-refractivity contribution in [1.82, 2.24) is 15.2 Å². The third-order valence-electron chi connectivity index (χ3n) is 7.06. The summed E-state index contributed by atoms with van der Waals surface area (Å²) in [4.78, 5) is 34.0. The molecule has 1 N–H and O–H groups in total. The number of hydrogen-bond acceptors (Lipinski definition) is 6.